The van der Waals surface area contributed by atoms with Crippen LogP contribution in [0.3, 0.4) is 0 Å². The second-order valence-corrected chi connectivity index (χ2v) is 4.67. The van der Waals surface area contributed by atoms with Gasteiger partial charge < -0.3 is 10.4 Å². The number of aromatic nitrogens is 3. The molecule has 7 heteroatoms. The maximum absolute atomic E-state index is 11.8. The number of aryl methyl sites for hydroxylation is 1. The van der Waals surface area contributed by atoms with E-state index < -0.39 is 12.0 Å². The van der Waals surface area contributed by atoms with Gasteiger partial charge in [-0.05, 0) is 6.07 Å². The Bertz CT molecular complexity index is 600. The van der Waals surface area contributed by atoms with Crippen LogP contribution < -0.4 is 5.32 Å². The monoisotopic (exact) mass is 294 g/mol. The molecule has 0 spiro atoms. The van der Waals surface area contributed by atoms with E-state index in [1.54, 1.807) is 36.0 Å². The molecule has 106 valence electrons. The third-order valence-corrected chi connectivity index (χ3v) is 3.25. The fourth-order valence-electron chi connectivity index (χ4n) is 1.78. The molecule has 1 aromatic heterocycles. The maximum Gasteiger partial charge on any atom is 0.253 e. The minimum absolute atomic E-state index is 0.364. The Kier molecular flexibility index (Phi) is 4.70. The predicted octanol–water partition coefficient (Wildman–Crippen LogP) is 0.861. The van der Waals surface area contributed by atoms with Gasteiger partial charge in [-0.2, -0.15) is 5.10 Å². The Balaban J connectivity index is 1.89. The molecule has 1 aromatic carbocycles. The molecule has 2 aromatic rings. The van der Waals surface area contributed by atoms with E-state index in [4.69, 9.17) is 11.6 Å². The lowest BCUT2D eigenvalue weighted by molar-refractivity contribution is -0.129. The minimum Gasteiger partial charge on any atom is -0.378 e. The Labute approximate surface area is 121 Å². The molecule has 1 heterocycles. The van der Waals surface area contributed by atoms with E-state index in [-0.39, 0.29) is 0 Å². The van der Waals surface area contributed by atoms with E-state index in [9.17, 15) is 9.90 Å². The maximum atomic E-state index is 11.8. The molecule has 0 bridgehead atoms. The number of hydrogen-bond donors (Lipinski definition) is 2. The summed E-state index contributed by atoms with van der Waals surface area (Å²) in [7, 11) is 1.78. The van der Waals surface area contributed by atoms with E-state index in [1.165, 1.54) is 6.33 Å². The zero-order valence-corrected chi connectivity index (χ0v) is 11.7. The minimum atomic E-state index is -1.27. The molecule has 0 aliphatic carbocycles. The molecule has 6 nitrogen and oxygen atoms in total. The van der Waals surface area contributed by atoms with E-state index >= 15 is 0 Å². The average molecular weight is 295 g/mol. The van der Waals surface area contributed by atoms with Crippen LogP contribution in [-0.4, -0.2) is 32.3 Å². The van der Waals surface area contributed by atoms with Gasteiger partial charge in [-0.15, -0.1) is 0 Å². The van der Waals surface area contributed by atoms with Gasteiger partial charge in [0.1, 0.15) is 12.2 Å². The number of aliphatic hydroxyl groups is 1. The SMILES string of the molecule is Cn1ncnc1CCNC(=O)C(O)c1ccccc1Cl. The standard InChI is InChI=1S/C13H15ClN4O2/c1-18-11(16-8-17-18)6-7-15-13(20)12(19)9-4-2-3-5-10(9)14/h2-5,8,12,19H,6-7H2,1H3,(H,15,20). The largest absolute Gasteiger partial charge is 0.378 e. The number of hydrogen-bond acceptors (Lipinski definition) is 4. The number of nitrogens with zero attached hydrogens (tertiary/aromatic N) is 3. The first-order valence-corrected chi connectivity index (χ1v) is 6.50. The van der Waals surface area contributed by atoms with E-state index in [2.05, 4.69) is 15.4 Å². The zero-order chi connectivity index (χ0) is 14.5. The molecule has 0 saturated heterocycles. The van der Waals surface area contributed by atoms with Crippen molar-refractivity contribution < 1.29 is 9.90 Å². The number of carbonyl (C=O) groups excluding carboxylic acids is 1. The highest BCUT2D eigenvalue weighted by molar-refractivity contribution is 6.31. The van der Waals surface area contributed by atoms with Crippen LogP contribution in [-0.2, 0) is 18.3 Å². The van der Waals surface area contributed by atoms with E-state index in [1.807, 2.05) is 0 Å². The Morgan fingerprint density at radius 3 is 2.90 bits per heavy atom. The number of benzene rings is 1. The van der Waals surface area contributed by atoms with Crippen LogP contribution in [0, 0.1) is 0 Å². The second kappa shape index (κ2) is 6.49. The van der Waals surface area contributed by atoms with Crippen molar-refractivity contribution in [3.05, 3.63) is 47.0 Å². The first kappa shape index (κ1) is 14.5. The number of aliphatic hydroxyl groups excluding tert-OH is 1. The summed E-state index contributed by atoms with van der Waals surface area (Å²) in [5.74, 6) is 0.276. The van der Waals surface area contributed by atoms with Crippen LogP contribution in [0.25, 0.3) is 0 Å². The van der Waals surface area contributed by atoms with Gasteiger partial charge in [-0.3, -0.25) is 9.48 Å². The Hall–Kier alpha value is -1.92. The molecule has 0 saturated carbocycles. The van der Waals surface area contributed by atoms with Gasteiger partial charge in [0.25, 0.3) is 5.91 Å². The van der Waals surface area contributed by atoms with Crippen molar-refractivity contribution in [1.82, 2.24) is 20.1 Å². The fraction of sp³-hybridized carbons (Fsp3) is 0.308. The highest BCUT2D eigenvalue weighted by atomic mass is 35.5. The van der Waals surface area contributed by atoms with Crippen LogP contribution in [0.5, 0.6) is 0 Å². The van der Waals surface area contributed by atoms with E-state index in [0.717, 1.165) is 5.82 Å². The third-order valence-electron chi connectivity index (χ3n) is 2.90. The summed E-state index contributed by atoms with van der Waals surface area (Å²) >= 11 is 5.94. The quantitative estimate of drug-likeness (QED) is 0.857. The van der Waals surface area contributed by atoms with Gasteiger partial charge >= 0.3 is 0 Å². The van der Waals surface area contributed by atoms with Gasteiger partial charge in [-0.25, -0.2) is 4.98 Å². The molecule has 1 atom stereocenters. The van der Waals surface area contributed by atoms with Crippen molar-refractivity contribution in [2.24, 2.45) is 7.05 Å². The van der Waals surface area contributed by atoms with Crippen LogP contribution in [0.4, 0.5) is 0 Å². The van der Waals surface area contributed by atoms with Gasteiger partial charge in [0, 0.05) is 30.6 Å². The molecule has 2 N–H and O–H groups in total. The second-order valence-electron chi connectivity index (χ2n) is 4.26. The average Bonchev–Trinajstić information content (AvgIpc) is 2.84. The summed E-state index contributed by atoms with van der Waals surface area (Å²) < 4.78 is 1.64. The summed E-state index contributed by atoms with van der Waals surface area (Å²) in [4.78, 5) is 15.9. The molecule has 0 radical (unpaired) electrons. The lowest BCUT2D eigenvalue weighted by Crippen LogP contribution is -2.31. The number of rotatable bonds is 5. The molecule has 1 amide bonds. The van der Waals surface area contributed by atoms with Gasteiger partial charge in [0.05, 0.1) is 0 Å². The molecule has 0 aliphatic heterocycles. The van der Waals surface area contributed by atoms with E-state index in [0.29, 0.717) is 23.6 Å². The zero-order valence-electron chi connectivity index (χ0n) is 11.0. The molecular formula is C13H15ClN4O2. The van der Waals surface area contributed by atoms with Crippen molar-refractivity contribution >= 4 is 17.5 Å². The van der Waals surface area contributed by atoms with Crippen molar-refractivity contribution in [3.63, 3.8) is 0 Å². The number of amides is 1. The molecule has 20 heavy (non-hydrogen) atoms. The van der Waals surface area contributed by atoms with Crippen molar-refractivity contribution in [2.45, 2.75) is 12.5 Å². The predicted molar refractivity (Wildman–Crippen MR) is 74.1 cm³/mol. The number of halogens is 1. The van der Waals surface area contributed by atoms with Crippen molar-refractivity contribution in [3.8, 4) is 0 Å². The first-order chi connectivity index (χ1) is 9.59. The highest BCUT2D eigenvalue weighted by Crippen LogP contribution is 2.22. The summed E-state index contributed by atoms with van der Waals surface area (Å²) in [5, 5.41) is 16.9. The van der Waals surface area contributed by atoms with Gasteiger partial charge in [-0.1, -0.05) is 29.8 Å². The molecule has 1 unspecified atom stereocenters. The lowest BCUT2D eigenvalue weighted by Gasteiger charge is -2.12. The third kappa shape index (κ3) is 3.34. The summed E-state index contributed by atoms with van der Waals surface area (Å²) in [6, 6.07) is 6.71. The molecular weight excluding hydrogens is 280 g/mol. The summed E-state index contributed by atoms with van der Waals surface area (Å²) in [5.41, 5.74) is 0.394. The van der Waals surface area contributed by atoms with Crippen LogP contribution in [0.2, 0.25) is 5.02 Å². The smallest absolute Gasteiger partial charge is 0.253 e. The van der Waals surface area contributed by atoms with Crippen molar-refractivity contribution in [1.29, 1.82) is 0 Å². The molecule has 0 fully saturated rings. The fourth-order valence-corrected chi connectivity index (χ4v) is 2.02. The summed E-state index contributed by atoms with van der Waals surface area (Å²) in [6.45, 7) is 0.368. The number of carbonyl (C=O) groups is 1. The molecule has 0 aliphatic rings. The Morgan fingerprint density at radius 1 is 1.50 bits per heavy atom. The first-order valence-electron chi connectivity index (χ1n) is 6.12. The highest BCUT2D eigenvalue weighted by Gasteiger charge is 2.19. The van der Waals surface area contributed by atoms with Crippen LogP contribution in [0.1, 0.15) is 17.5 Å². The van der Waals surface area contributed by atoms with Crippen molar-refractivity contribution in [2.75, 3.05) is 6.54 Å². The summed E-state index contributed by atoms with van der Waals surface area (Å²) in [6.07, 6.45) is 0.718. The normalized spacial score (nSPS) is 12.2. The van der Waals surface area contributed by atoms with Gasteiger partial charge in [0.15, 0.2) is 6.10 Å². The molecule has 2 rings (SSSR count). The topological polar surface area (TPSA) is 80.0 Å². The van der Waals surface area contributed by atoms with Crippen LogP contribution in [0.15, 0.2) is 30.6 Å². The van der Waals surface area contributed by atoms with Crippen LogP contribution >= 0.6 is 11.6 Å². The van der Waals surface area contributed by atoms with Gasteiger partial charge in [0.2, 0.25) is 0 Å². The number of nitrogens with one attached hydrogen (secondary N) is 1. The lowest BCUT2D eigenvalue weighted by atomic mass is 10.1. The Morgan fingerprint density at radius 2 is 2.25 bits per heavy atom.